The van der Waals surface area contributed by atoms with Gasteiger partial charge in [-0.25, -0.2) is 9.59 Å². The minimum absolute atomic E-state index is 0.160. The van der Waals surface area contributed by atoms with Crippen LogP contribution in [0.3, 0.4) is 0 Å². The molecule has 1 aromatic carbocycles. The quantitative estimate of drug-likeness (QED) is 0.275. The Bertz CT molecular complexity index is 491. The van der Waals surface area contributed by atoms with Gasteiger partial charge in [-0.15, -0.1) is 11.8 Å². The molecule has 5 nitrogen and oxygen atoms in total. The summed E-state index contributed by atoms with van der Waals surface area (Å²) in [5.41, 5.74) is 0.603. The third kappa shape index (κ3) is 5.51. The molecule has 1 aromatic rings. The number of benzene rings is 1. The number of carbonyl (C=O) groups excluding carboxylic acids is 2. The van der Waals surface area contributed by atoms with E-state index < -0.39 is 11.9 Å². The first-order valence-electron chi connectivity index (χ1n) is 6.57. The molecule has 1 rings (SSSR count). The van der Waals surface area contributed by atoms with Crippen molar-refractivity contribution in [3.05, 3.63) is 36.0 Å². The van der Waals surface area contributed by atoms with Crippen molar-refractivity contribution in [1.82, 2.24) is 0 Å². The summed E-state index contributed by atoms with van der Waals surface area (Å²) >= 11 is 1.63. The van der Waals surface area contributed by atoms with E-state index in [4.69, 9.17) is 9.47 Å². The van der Waals surface area contributed by atoms with Crippen LogP contribution in [-0.2, 0) is 19.1 Å². The number of rotatable bonds is 7. The Labute approximate surface area is 128 Å². The number of anilines is 1. The van der Waals surface area contributed by atoms with E-state index in [-0.39, 0.29) is 18.8 Å². The molecule has 6 heteroatoms. The van der Waals surface area contributed by atoms with Crippen LogP contribution in [0.4, 0.5) is 5.69 Å². The minimum atomic E-state index is -0.704. The first-order chi connectivity index (χ1) is 10.1. The molecule has 0 atom stereocenters. The highest BCUT2D eigenvalue weighted by Gasteiger charge is 2.20. The maximum atomic E-state index is 11.7. The molecule has 0 aliphatic rings. The molecule has 1 N–H and O–H groups in total. The highest BCUT2D eigenvalue weighted by molar-refractivity contribution is 7.98. The molecule has 0 aliphatic heterocycles. The van der Waals surface area contributed by atoms with Crippen LogP contribution in [0.25, 0.3) is 0 Å². The van der Waals surface area contributed by atoms with Gasteiger partial charge in [0, 0.05) is 16.8 Å². The second-order valence-corrected chi connectivity index (χ2v) is 4.75. The molecule has 114 valence electrons. The fraction of sp³-hybridized carbons (Fsp3) is 0.333. The SMILES string of the molecule is CCOC(=O)C(=CNc1ccc(SC)cc1)C(=O)OCC. The molecule has 21 heavy (non-hydrogen) atoms. The molecule has 0 aliphatic carbocycles. The van der Waals surface area contributed by atoms with E-state index >= 15 is 0 Å². The highest BCUT2D eigenvalue weighted by atomic mass is 32.2. The average Bonchev–Trinajstić information content (AvgIpc) is 2.48. The van der Waals surface area contributed by atoms with Gasteiger partial charge >= 0.3 is 11.9 Å². The minimum Gasteiger partial charge on any atom is -0.462 e. The molecule has 0 aromatic heterocycles. The Hall–Kier alpha value is -1.95. The fourth-order valence-corrected chi connectivity index (χ4v) is 1.87. The van der Waals surface area contributed by atoms with Crippen molar-refractivity contribution in [2.24, 2.45) is 0 Å². The van der Waals surface area contributed by atoms with Gasteiger partial charge in [0.15, 0.2) is 5.57 Å². The third-order valence-corrected chi connectivity index (χ3v) is 3.21. The molecule has 0 amide bonds. The monoisotopic (exact) mass is 309 g/mol. The number of hydrogen-bond acceptors (Lipinski definition) is 6. The largest absolute Gasteiger partial charge is 0.462 e. The first kappa shape index (κ1) is 17.1. The van der Waals surface area contributed by atoms with Crippen molar-refractivity contribution in [2.45, 2.75) is 18.7 Å². The average molecular weight is 309 g/mol. The summed E-state index contributed by atoms with van der Waals surface area (Å²) in [7, 11) is 0. The van der Waals surface area contributed by atoms with E-state index in [2.05, 4.69) is 5.32 Å². The van der Waals surface area contributed by atoms with Crippen molar-refractivity contribution >= 4 is 29.4 Å². The van der Waals surface area contributed by atoms with Gasteiger partial charge in [-0.3, -0.25) is 0 Å². The molecule has 0 fully saturated rings. The lowest BCUT2D eigenvalue weighted by Gasteiger charge is -2.08. The number of ether oxygens (including phenoxy) is 2. The maximum Gasteiger partial charge on any atom is 0.347 e. The van der Waals surface area contributed by atoms with Crippen molar-refractivity contribution in [3.63, 3.8) is 0 Å². The van der Waals surface area contributed by atoms with Crippen LogP contribution in [0.15, 0.2) is 40.9 Å². The van der Waals surface area contributed by atoms with Crippen LogP contribution >= 0.6 is 11.8 Å². The molecule has 0 radical (unpaired) electrons. The van der Waals surface area contributed by atoms with E-state index in [0.29, 0.717) is 0 Å². The lowest BCUT2D eigenvalue weighted by molar-refractivity contribution is -0.146. The van der Waals surface area contributed by atoms with Crippen molar-refractivity contribution in [2.75, 3.05) is 24.8 Å². The van der Waals surface area contributed by atoms with Crippen molar-refractivity contribution in [3.8, 4) is 0 Å². The van der Waals surface area contributed by atoms with E-state index in [1.165, 1.54) is 6.20 Å². The summed E-state index contributed by atoms with van der Waals surface area (Å²) in [6.07, 6.45) is 3.30. The number of nitrogens with one attached hydrogen (secondary N) is 1. The lowest BCUT2D eigenvalue weighted by Crippen LogP contribution is -2.19. The van der Waals surface area contributed by atoms with Gasteiger partial charge in [-0.05, 0) is 44.4 Å². The van der Waals surface area contributed by atoms with E-state index in [0.717, 1.165) is 10.6 Å². The van der Waals surface area contributed by atoms with Crippen LogP contribution in [-0.4, -0.2) is 31.4 Å². The predicted molar refractivity (Wildman–Crippen MR) is 83.2 cm³/mol. The van der Waals surface area contributed by atoms with Gasteiger partial charge in [0.2, 0.25) is 0 Å². The molecular formula is C15H19NO4S. The van der Waals surface area contributed by atoms with Gasteiger partial charge in [-0.1, -0.05) is 0 Å². The van der Waals surface area contributed by atoms with Gasteiger partial charge in [0.25, 0.3) is 0 Å². The number of hydrogen-bond donors (Lipinski definition) is 1. The number of esters is 2. The van der Waals surface area contributed by atoms with Gasteiger partial charge in [0.1, 0.15) is 0 Å². The maximum absolute atomic E-state index is 11.7. The van der Waals surface area contributed by atoms with Gasteiger partial charge < -0.3 is 14.8 Å². The molecule has 0 saturated carbocycles. The predicted octanol–water partition coefficient (Wildman–Crippen LogP) is 2.83. The molecule has 0 unspecified atom stereocenters. The summed E-state index contributed by atoms with van der Waals surface area (Å²) in [4.78, 5) is 24.6. The second kappa shape index (κ2) is 9.07. The van der Waals surface area contributed by atoms with Crippen LogP contribution in [0.5, 0.6) is 0 Å². The van der Waals surface area contributed by atoms with Crippen LogP contribution in [0.1, 0.15) is 13.8 Å². The number of carbonyl (C=O) groups is 2. The zero-order valence-corrected chi connectivity index (χ0v) is 13.2. The molecule has 0 spiro atoms. The van der Waals surface area contributed by atoms with E-state index in [9.17, 15) is 9.59 Å². The Balaban J connectivity index is 2.85. The summed E-state index contributed by atoms with van der Waals surface area (Å²) in [5.74, 6) is -1.41. The summed E-state index contributed by atoms with van der Waals surface area (Å²) in [5, 5.41) is 2.90. The zero-order valence-electron chi connectivity index (χ0n) is 12.3. The topological polar surface area (TPSA) is 64.6 Å². The highest BCUT2D eigenvalue weighted by Crippen LogP contribution is 2.17. The third-order valence-electron chi connectivity index (χ3n) is 2.46. The fourth-order valence-electron chi connectivity index (χ4n) is 1.46. The smallest absolute Gasteiger partial charge is 0.347 e. The van der Waals surface area contributed by atoms with Crippen LogP contribution in [0.2, 0.25) is 0 Å². The first-order valence-corrected chi connectivity index (χ1v) is 7.79. The summed E-state index contributed by atoms with van der Waals surface area (Å²) < 4.78 is 9.69. The lowest BCUT2D eigenvalue weighted by atomic mass is 10.2. The zero-order chi connectivity index (χ0) is 15.7. The van der Waals surface area contributed by atoms with Crippen LogP contribution in [0, 0.1) is 0 Å². The Morgan fingerprint density at radius 2 is 1.62 bits per heavy atom. The Morgan fingerprint density at radius 1 is 1.10 bits per heavy atom. The van der Waals surface area contributed by atoms with E-state index in [1.807, 2.05) is 30.5 Å². The second-order valence-electron chi connectivity index (χ2n) is 3.87. The van der Waals surface area contributed by atoms with Gasteiger partial charge in [0.05, 0.1) is 13.2 Å². The number of thioether (sulfide) groups is 1. The molecular weight excluding hydrogens is 290 g/mol. The van der Waals surface area contributed by atoms with Gasteiger partial charge in [-0.2, -0.15) is 0 Å². The van der Waals surface area contributed by atoms with Crippen molar-refractivity contribution < 1.29 is 19.1 Å². The van der Waals surface area contributed by atoms with Crippen LogP contribution < -0.4 is 5.32 Å². The summed E-state index contributed by atoms with van der Waals surface area (Å²) in [6.45, 7) is 3.74. The van der Waals surface area contributed by atoms with Crippen molar-refractivity contribution in [1.29, 1.82) is 0 Å². The molecule has 0 heterocycles. The normalized spacial score (nSPS) is 9.67. The molecule has 0 bridgehead atoms. The standard InChI is InChI=1S/C15H19NO4S/c1-4-19-14(17)13(15(18)20-5-2)10-16-11-6-8-12(21-3)9-7-11/h6-10,16H,4-5H2,1-3H3. The Morgan fingerprint density at radius 3 is 2.05 bits per heavy atom. The molecule has 0 saturated heterocycles. The summed E-state index contributed by atoms with van der Waals surface area (Å²) in [6, 6.07) is 7.59. The Kier molecular flexibility index (Phi) is 7.39. The van der Waals surface area contributed by atoms with E-state index in [1.54, 1.807) is 25.6 Å².